The molecule has 0 amide bonds. The van der Waals surface area contributed by atoms with Crippen molar-refractivity contribution in [3.63, 3.8) is 0 Å². The van der Waals surface area contributed by atoms with Gasteiger partial charge < -0.3 is 9.47 Å². The van der Waals surface area contributed by atoms with Gasteiger partial charge in [0.15, 0.2) is 5.82 Å². The highest BCUT2D eigenvalue weighted by Gasteiger charge is 2.39. The molecule has 0 radical (unpaired) electrons. The van der Waals surface area contributed by atoms with Crippen molar-refractivity contribution in [3.8, 4) is 28.4 Å². The fraction of sp³-hybridized carbons (Fsp3) is 0.200. The SMILES string of the molecule is CCOC1(C)Oc2ccccc2-c2nc(-c3ccccc3)ncc21. The predicted molar refractivity (Wildman–Crippen MR) is 92.5 cm³/mol. The average molecular weight is 318 g/mol. The molecule has 3 aromatic rings. The molecule has 4 nitrogen and oxygen atoms in total. The van der Waals surface area contributed by atoms with Crippen molar-refractivity contribution >= 4 is 0 Å². The summed E-state index contributed by atoms with van der Waals surface area (Å²) >= 11 is 0. The van der Waals surface area contributed by atoms with E-state index in [1.807, 2.05) is 74.6 Å². The zero-order valence-corrected chi connectivity index (χ0v) is 13.7. The Morgan fingerprint density at radius 2 is 1.79 bits per heavy atom. The molecular weight excluding hydrogens is 300 g/mol. The molecular formula is C20H18N2O2. The van der Waals surface area contributed by atoms with E-state index in [-0.39, 0.29) is 0 Å². The van der Waals surface area contributed by atoms with Crippen molar-refractivity contribution in [2.45, 2.75) is 19.6 Å². The molecule has 0 N–H and O–H groups in total. The fourth-order valence-corrected chi connectivity index (χ4v) is 3.04. The van der Waals surface area contributed by atoms with Crippen LogP contribution >= 0.6 is 0 Å². The molecule has 1 unspecified atom stereocenters. The van der Waals surface area contributed by atoms with Gasteiger partial charge in [0, 0.05) is 30.9 Å². The molecule has 1 aliphatic rings. The maximum Gasteiger partial charge on any atom is 0.238 e. The van der Waals surface area contributed by atoms with E-state index in [0.717, 1.165) is 28.1 Å². The van der Waals surface area contributed by atoms with Gasteiger partial charge in [-0.05, 0) is 19.1 Å². The lowest BCUT2D eigenvalue weighted by Gasteiger charge is -2.36. The van der Waals surface area contributed by atoms with Crippen LogP contribution in [-0.2, 0) is 10.5 Å². The van der Waals surface area contributed by atoms with E-state index in [4.69, 9.17) is 14.5 Å². The Hall–Kier alpha value is -2.72. The van der Waals surface area contributed by atoms with Crippen molar-refractivity contribution < 1.29 is 9.47 Å². The quantitative estimate of drug-likeness (QED) is 0.717. The van der Waals surface area contributed by atoms with Crippen LogP contribution in [0.3, 0.4) is 0 Å². The second-order valence-corrected chi connectivity index (χ2v) is 5.80. The van der Waals surface area contributed by atoms with E-state index >= 15 is 0 Å². The Labute approximate surface area is 141 Å². The zero-order valence-electron chi connectivity index (χ0n) is 13.7. The molecule has 0 fully saturated rings. The maximum absolute atomic E-state index is 6.13. The summed E-state index contributed by atoms with van der Waals surface area (Å²) in [4.78, 5) is 9.37. The first-order valence-corrected chi connectivity index (χ1v) is 8.06. The minimum Gasteiger partial charge on any atom is -0.457 e. The van der Waals surface area contributed by atoms with Gasteiger partial charge in [0.1, 0.15) is 5.75 Å². The molecule has 1 atom stereocenters. The Morgan fingerprint density at radius 3 is 2.58 bits per heavy atom. The number of nitrogens with zero attached hydrogens (tertiary/aromatic N) is 2. The summed E-state index contributed by atoms with van der Waals surface area (Å²) in [6, 6.07) is 17.9. The second kappa shape index (κ2) is 5.73. The summed E-state index contributed by atoms with van der Waals surface area (Å²) in [5.41, 5.74) is 3.66. The number of para-hydroxylation sites is 1. The third kappa shape index (κ3) is 2.36. The summed E-state index contributed by atoms with van der Waals surface area (Å²) in [6.07, 6.45) is 1.82. The first-order valence-electron chi connectivity index (χ1n) is 8.06. The number of hydrogen-bond acceptors (Lipinski definition) is 4. The Balaban J connectivity index is 1.92. The maximum atomic E-state index is 6.13. The fourth-order valence-electron chi connectivity index (χ4n) is 3.04. The summed E-state index contributed by atoms with van der Waals surface area (Å²) in [6.45, 7) is 4.41. The molecule has 0 bridgehead atoms. The third-order valence-electron chi connectivity index (χ3n) is 4.18. The summed E-state index contributed by atoms with van der Waals surface area (Å²) in [5.74, 6) is 0.594. The molecule has 0 saturated carbocycles. The van der Waals surface area contributed by atoms with Crippen LogP contribution in [0.1, 0.15) is 19.4 Å². The first-order chi connectivity index (χ1) is 11.7. The van der Waals surface area contributed by atoms with E-state index in [2.05, 4.69) is 4.98 Å². The number of rotatable bonds is 3. The molecule has 120 valence electrons. The van der Waals surface area contributed by atoms with Crippen LogP contribution in [0, 0.1) is 0 Å². The normalized spacial score (nSPS) is 18.4. The van der Waals surface area contributed by atoms with E-state index < -0.39 is 5.79 Å². The lowest BCUT2D eigenvalue weighted by Crippen LogP contribution is -2.36. The highest BCUT2D eigenvalue weighted by Crippen LogP contribution is 2.44. The van der Waals surface area contributed by atoms with E-state index in [0.29, 0.717) is 12.4 Å². The number of aromatic nitrogens is 2. The van der Waals surface area contributed by atoms with Crippen molar-refractivity contribution in [2.24, 2.45) is 0 Å². The highest BCUT2D eigenvalue weighted by atomic mass is 16.7. The number of ether oxygens (including phenoxy) is 2. The number of fused-ring (bicyclic) bond motifs is 3. The van der Waals surface area contributed by atoms with Gasteiger partial charge in [-0.15, -0.1) is 0 Å². The van der Waals surface area contributed by atoms with Crippen LogP contribution in [0.15, 0.2) is 60.8 Å². The molecule has 2 heterocycles. The van der Waals surface area contributed by atoms with Gasteiger partial charge in [-0.25, -0.2) is 9.97 Å². The molecule has 0 spiro atoms. The van der Waals surface area contributed by atoms with Gasteiger partial charge in [-0.3, -0.25) is 0 Å². The Morgan fingerprint density at radius 1 is 1.04 bits per heavy atom. The van der Waals surface area contributed by atoms with Gasteiger partial charge in [0.05, 0.1) is 11.3 Å². The van der Waals surface area contributed by atoms with Crippen LogP contribution in [0.5, 0.6) is 5.75 Å². The standard InChI is InChI=1S/C20H18N2O2/c1-3-23-20(2)16-13-21-19(14-9-5-4-6-10-14)22-18(16)15-11-7-8-12-17(15)24-20/h4-13H,3H2,1-2H3. The summed E-state index contributed by atoms with van der Waals surface area (Å²) in [5, 5.41) is 0. The van der Waals surface area contributed by atoms with E-state index in [9.17, 15) is 0 Å². The van der Waals surface area contributed by atoms with E-state index in [1.54, 1.807) is 0 Å². The lowest BCUT2D eigenvalue weighted by atomic mass is 9.97. The van der Waals surface area contributed by atoms with Crippen LogP contribution < -0.4 is 4.74 Å². The van der Waals surface area contributed by atoms with Crippen molar-refractivity contribution in [1.82, 2.24) is 9.97 Å². The smallest absolute Gasteiger partial charge is 0.238 e. The first kappa shape index (κ1) is 14.8. The van der Waals surface area contributed by atoms with Crippen LogP contribution in [0.4, 0.5) is 0 Å². The van der Waals surface area contributed by atoms with Crippen molar-refractivity contribution in [2.75, 3.05) is 6.61 Å². The van der Waals surface area contributed by atoms with Crippen molar-refractivity contribution in [1.29, 1.82) is 0 Å². The van der Waals surface area contributed by atoms with Gasteiger partial charge in [-0.2, -0.15) is 0 Å². The summed E-state index contributed by atoms with van der Waals surface area (Å²) < 4.78 is 12.0. The Bertz CT molecular complexity index is 880. The third-order valence-corrected chi connectivity index (χ3v) is 4.18. The van der Waals surface area contributed by atoms with E-state index in [1.165, 1.54) is 0 Å². The second-order valence-electron chi connectivity index (χ2n) is 5.80. The van der Waals surface area contributed by atoms with Gasteiger partial charge in [-0.1, -0.05) is 42.5 Å². The van der Waals surface area contributed by atoms with Crippen molar-refractivity contribution in [3.05, 3.63) is 66.4 Å². The van der Waals surface area contributed by atoms with Crippen LogP contribution in [0.25, 0.3) is 22.6 Å². The zero-order chi connectivity index (χ0) is 16.6. The molecule has 4 rings (SSSR count). The predicted octanol–water partition coefficient (Wildman–Crippen LogP) is 4.41. The number of benzene rings is 2. The van der Waals surface area contributed by atoms with Gasteiger partial charge >= 0.3 is 0 Å². The molecule has 1 aromatic heterocycles. The molecule has 24 heavy (non-hydrogen) atoms. The van der Waals surface area contributed by atoms with Crippen LogP contribution in [-0.4, -0.2) is 16.6 Å². The summed E-state index contributed by atoms with van der Waals surface area (Å²) in [7, 11) is 0. The monoisotopic (exact) mass is 318 g/mol. The lowest BCUT2D eigenvalue weighted by molar-refractivity contribution is -0.176. The average Bonchev–Trinajstić information content (AvgIpc) is 2.62. The molecule has 2 aromatic carbocycles. The minimum absolute atomic E-state index is 0.540. The van der Waals surface area contributed by atoms with Gasteiger partial charge in [0.25, 0.3) is 0 Å². The molecule has 0 aliphatic carbocycles. The highest BCUT2D eigenvalue weighted by molar-refractivity contribution is 5.74. The molecule has 4 heteroatoms. The van der Waals surface area contributed by atoms with Crippen LogP contribution in [0.2, 0.25) is 0 Å². The Kier molecular flexibility index (Phi) is 3.54. The number of hydrogen-bond donors (Lipinski definition) is 0. The van der Waals surface area contributed by atoms with Gasteiger partial charge in [0.2, 0.25) is 5.79 Å². The molecule has 1 aliphatic heterocycles. The largest absolute Gasteiger partial charge is 0.457 e. The minimum atomic E-state index is -0.881. The topological polar surface area (TPSA) is 44.2 Å². The molecule has 0 saturated heterocycles.